The van der Waals surface area contributed by atoms with Crippen molar-refractivity contribution in [3.8, 4) is 0 Å². The molecule has 2 bridgehead atoms. The Morgan fingerprint density at radius 3 is 2.62 bits per heavy atom. The van der Waals surface area contributed by atoms with Crippen LogP contribution >= 0.6 is 15.9 Å². The zero-order valence-electron chi connectivity index (χ0n) is 12.4. The molecule has 3 N–H and O–H groups in total. The van der Waals surface area contributed by atoms with E-state index in [9.17, 15) is 4.39 Å². The molecule has 5 heteroatoms. The van der Waals surface area contributed by atoms with E-state index in [-0.39, 0.29) is 11.9 Å². The molecule has 2 saturated heterocycles. The summed E-state index contributed by atoms with van der Waals surface area (Å²) < 4.78 is 13.9. The Morgan fingerprint density at radius 1 is 1.38 bits per heavy atom. The highest BCUT2D eigenvalue weighted by molar-refractivity contribution is 9.10. The van der Waals surface area contributed by atoms with Gasteiger partial charge < -0.3 is 4.90 Å². The third kappa shape index (κ3) is 3.16. The lowest BCUT2D eigenvalue weighted by Crippen LogP contribution is -2.49. The SMILES string of the molecule is CN1C2CCC1CC(C(Cc1ccc(F)c(Br)c1)NN)C2. The number of piperidine rings is 1. The average molecular weight is 356 g/mol. The van der Waals surface area contributed by atoms with Gasteiger partial charge in [-0.25, -0.2) is 4.39 Å². The topological polar surface area (TPSA) is 41.3 Å². The highest BCUT2D eigenvalue weighted by atomic mass is 79.9. The summed E-state index contributed by atoms with van der Waals surface area (Å²) in [5, 5.41) is 0. The number of hydrogen-bond acceptors (Lipinski definition) is 3. The van der Waals surface area contributed by atoms with Crippen LogP contribution < -0.4 is 11.3 Å². The second kappa shape index (κ2) is 6.32. The Kier molecular flexibility index (Phi) is 4.64. The second-order valence-electron chi connectivity index (χ2n) is 6.51. The summed E-state index contributed by atoms with van der Waals surface area (Å²) in [6.45, 7) is 0. The second-order valence-corrected chi connectivity index (χ2v) is 7.36. The van der Waals surface area contributed by atoms with Crippen molar-refractivity contribution in [3.05, 3.63) is 34.1 Å². The predicted molar refractivity (Wildman–Crippen MR) is 86.2 cm³/mol. The molecule has 116 valence electrons. The molecule has 0 radical (unpaired) electrons. The van der Waals surface area contributed by atoms with Gasteiger partial charge in [0, 0.05) is 18.1 Å². The number of halogens is 2. The molecule has 21 heavy (non-hydrogen) atoms. The number of nitrogens with two attached hydrogens (primary N) is 1. The highest BCUT2D eigenvalue weighted by Gasteiger charge is 2.40. The minimum Gasteiger partial charge on any atom is -0.300 e. The van der Waals surface area contributed by atoms with E-state index in [1.165, 1.54) is 31.7 Å². The van der Waals surface area contributed by atoms with Crippen molar-refractivity contribution in [1.29, 1.82) is 0 Å². The summed E-state index contributed by atoms with van der Waals surface area (Å²) >= 11 is 3.26. The summed E-state index contributed by atoms with van der Waals surface area (Å²) in [4.78, 5) is 2.54. The monoisotopic (exact) mass is 355 g/mol. The minimum atomic E-state index is -0.214. The van der Waals surface area contributed by atoms with E-state index in [2.05, 4.69) is 33.3 Å². The van der Waals surface area contributed by atoms with Gasteiger partial charge in [-0.1, -0.05) is 6.07 Å². The molecule has 2 fully saturated rings. The van der Waals surface area contributed by atoms with Crippen LogP contribution in [-0.2, 0) is 6.42 Å². The van der Waals surface area contributed by atoms with Gasteiger partial charge in [-0.2, -0.15) is 0 Å². The van der Waals surface area contributed by atoms with Crippen LogP contribution in [0.2, 0.25) is 0 Å². The van der Waals surface area contributed by atoms with Crippen LogP contribution in [-0.4, -0.2) is 30.1 Å². The lowest BCUT2D eigenvalue weighted by Gasteiger charge is -2.39. The molecule has 0 aliphatic carbocycles. The molecule has 0 saturated carbocycles. The molecule has 2 heterocycles. The van der Waals surface area contributed by atoms with E-state index in [1.807, 2.05) is 12.1 Å². The molecule has 0 spiro atoms. The fourth-order valence-corrected chi connectivity index (χ4v) is 4.49. The largest absolute Gasteiger partial charge is 0.300 e. The van der Waals surface area contributed by atoms with Gasteiger partial charge >= 0.3 is 0 Å². The first-order chi connectivity index (χ1) is 10.1. The molecule has 3 rings (SSSR count). The summed E-state index contributed by atoms with van der Waals surface area (Å²) in [6.07, 6.45) is 5.91. The fraction of sp³-hybridized carbons (Fsp3) is 0.625. The maximum atomic E-state index is 13.3. The van der Waals surface area contributed by atoms with Crippen LogP contribution in [0.15, 0.2) is 22.7 Å². The van der Waals surface area contributed by atoms with Crippen LogP contribution in [0, 0.1) is 11.7 Å². The normalized spacial score (nSPS) is 30.6. The fourth-order valence-electron chi connectivity index (χ4n) is 4.06. The highest BCUT2D eigenvalue weighted by Crippen LogP contribution is 2.39. The quantitative estimate of drug-likeness (QED) is 0.644. The Labute approximate surface area is 134 Å². The van der Waals surface area contributed by atoms with Gasteiger partial charge in [0.05, 0.1) is 4.47 Å². The lowest BCUT2D eigenvalue weighted by atomic mass is 9.83. The number of fused-ring (bicyclic) bond motifs is 2. The maximum absolute atomic E-state index is 13.3. The number of hydrogen-bond donors (Lipinski definition) is 2. The van der Waals surface area contributed by atoms with Gasteiger partial charge in [0.2, 0.25) is 0 Å². The van der Waals surface area contributed by atoms with Crippen molar-refractivity contribution >= 4 is 15.9 Å². The first-order valence-electron chi connectivity index (χ1n) is 7.70. The van der Waals surface area contributed by atoms with Gasteiger partial charge in [-0.05, 0) is 78.7 Å². The summed E-state index contributed by atoms with van der Waals surface area (Å²) in [5.74, 6) is 6.21. The number of nitrogens with one attached hydrogen (secondary N) is 1. The zero-order chi connectivity index (χ0) is 15.0. The van der Waals surface area contributed by atoms with Gasteiger partial charge in [0.15, 0.2) is 0 Å². The van der Waals surface area contributed by atoms with Crippen LogP contribution in [0.4, 0.5) is 4.39 Å². The third-order valence-corrected chi connectivity index (χ3v) is 5.97. The molecule has 3 unspecified atom stereocenters. The number of nitrogens with zero attached hydrogens (tertiary/aromatic N) is 1. The first kappa shape index (κ1) is 15.4. The smallest absolute Gasteiger partial charge is 0.137 e. The molecule has 3 atom stereocenters. The minimum absolute atomic E-state index is 0.214. The van der Waals surface area contributed by atoms with Gasteiger partial charge in [0.25, 0.3) is 0 Å². The van der Waals surface area contributed by atoms with Crippen LogP contribution in [0.5, 0.6) is 0 Å². The molecule has 2 aliphatic rings. The number of rotatable bonds is 4. The summed E-state index contributed by atoms with van der Waals surface area (Å²) in [5.41, 5.74) is 4.13. The maximum Gasteiger partial charge on any atom is 0.137 e. The van der Waals surface area contributed by atoms with E-state index in [0.717, 1.165) is 12.0 Å². The summed E-state index contributed by atoms with van der Waals surface area (Å²) in [7, 11) is 2.25. The van der Waals surface area contributed by atoms with E-state index in [4.69, 9.17) is 5.84 Å². The number of hydrazine groups is 1. The Balaban J connectivity index is 1.69. The van der Waals surface area contributed by atoms with Gasteiger partial charge in [0.1, 0.15) is 5.82 Å². The Hall–Kier alpha value is -0.490. The van der Waals surface area contributed by atoms with E-state index >= 15 is 0 Å². The number of benzene rings is 1. The van der Waals surface area contributed by atoms with Crippen molar-refractivity contribution in [3.63, 3.8) is 0 Å². The summed E-state index contributed by atoms with van der Waals surface area (Å²) in [6, 6.07) is 6.93. The predicted octanol–water partition coefficient (Wildman–Crippen LogP) is 2.84. The molecule has 0 aromatic heterocycles. The third-order valence-electron chi connectivity index (χ3n) is 5.36. The molecular formula is C16H23BrFN3. The van der Waals surface area contributed by atoms with Crippen LogP contribution in [0.25, 0.3) is 0 Å². The standard InChI is InChI=1S/C16H23BrFN3/c1-21-12-3-4-13(21)9-11(8-12)16(20-19)7-10-2-5-15(18)14(17)6-10/h2,5-6,11-13,16,20H,3-4,7-9,19H2,1H3. The molecular weight excluding hydrogens is 333 g/mol. The molecule has 1 aromatic rings. The molecule has 1 aromatic carbocycles. The molecule has 3 nitrogen and oxygen atoms in total. The molecule has 2 aliphatic heterocycles. The van der Waals surface area contributed by atoms with Crippen molar-refractivity contribution in [1.82, 2.24) is 10.3 Å². The van der Waals surface area contributed by atoms with Gasteiger partial charge in [-0.3, -0.25) is 11.3 Å². The lowest BCUT2D eigenvalue weighted by molar-refractivity contribution is 0.112. The van der Waals surface area contributed by atoms with Crippen molar-refractivity contribution in [2.24, 2.45) is 11.8 Å². The van der Waals surface area contributed by atoms with Gasteiger partial charge in [-0.15, -0.1) is 0 Å². The first-order valence-corrected chi connectivity index (χ1v) is 8.49. The molecule has 0 amide bonds. The van der Waals surface area contributed by atoms with Crippen molar-refractivity contribution < 1.29 is 4.39 Å². The van der Waals surface area contributed by atoms with E-state index in [0.29, 0.717) is 22.5 Å². The van der Waals surface area contributed by atoms with Crippen molar-refractivity contribution in [2.75, 3.05) is 7.05 Å². The average Bonchev–Trinajstić information content (AvgIpc) is 2.70. The Morgan fingerprint density at radius 2 is 2.05 bits per heavy atom. The van der Waals surface area contributed by atoms with Crippen molar-refractivity contribution in [2.45, 2.75) is 50.2 Å². The van der Waals surface area contributed by atoms with E-state index < -0.39 is 0 Å². The Bertz CT molecular complexity index is 496. The van der Waals surface area contributed by atoms with Crippen LogP contribution in [0.1, 0.15) is 31.2 Å². The van der Waals surface area contributed by atoms with Crippen LogP contribution in [0.3, 0.4) is 0 Å². The zero-order valence-corrected chi connectivity index (χ0v) is 13.9. The van der Waals surface area contributed by atoms with E-state index in [1.54, 1.807) is 0 Å².